The van der Waals surface area contributed by atoms with Gasteiger partial charge in [-0.2, -0.15) is 0 Å². The number of aryl methyl sites for hydroxylation is 1. The van der Waals surface area contributed by atoms with E-state index in [-0.39, 0.29) is 0 Å². The van der Waals surface area contributed by atoms with E-state index in [1.54, 1.807) is 10.8 Å². The molecule has 1 aromatic carbocycles. The zero-order valence-electron chi connectivity index (χ0n) is 15.6. The fourth-order valence-corrected chi connectivity index (χ4v) is 3.29. The zero-order valence-corrected chi connectivity index (χ0v) is 15.6. The quantitative estimate of drug-likeness (QED) is 0.548. The minimum absolute atomic E-state index is 0.331. The van der Waals surface area contributed by atoms with Gasteiger partial charge in [-0.15, -0.1) is 5.10 Å². The van der Waals surface area contributed by atoms with Crippen molar-refractivity contribution in [2.45, 2.75) is 40.8 Å². The average molecular weight is 349 g/mol. The Morgan fingerprint density at radius 2 is 1.85 bits per heavy atom. The SMILES string of the molecule is Cc1c(C)n(CC(C)C)c2ncn3nc(COc4ccccc4)nc3c12. The van der Waals surface area contributed by atoms with Crippen LogP contribution < -0.4 is 4.74 Å². The van der Waals surface area contributed by atoms with E-state index in [0.29, 0.717) is 18.3 Å². The first-order valence-electron chi connectivity index (χ1n) is 8.92. The van der Waals surface area contributed by atoms with Crippen LogP contribution in [0.2, 0.25) is 0 Å². The topological polar surface area (TPSA) is 57.2 Å². The largest absolute Gasteiger partial charge is 0.486 e. The lowest BCUT2D eigenvalue weighted by Crippen LogP contribution is -2.07. The maximum absolute atomic E-state index is 5.78. The van der Waals surface area contributed by atoms with E-state index < -0.39 is 0 Å². The van der Waals surface area contributed by atoms with Crippen LogP contribution in [0.15, 0.2) is 36.7 Å². The van der Waals surface area contributed by atoms with Crippen LogP contribution in [0, 0.1) is 19.8 Å². The number of hydrogen-bond donors (Lipinski definition) is 0. The first kappa shape index (κ1) is 16.6. The van der Waals surface area contributed by atoms with Gasteiger partial charge in [-0.25, -0.2) is 14.5 Å². The second-order valence-electron chi connectivity index (χ2n) is 7.06. The van der Waals surface area contributed by atoms with Crippen LogP contribution in [0.3, 0.4) is 0 Å². The Hall–Kier alpha value is -2.89. The summed E-state index contributed by atoms with van der Waals surface area (Å²) in [7, 11) is 0. The first-order chi connectivity index (χ1) is 12.5. The lowest BCUT2D eigenvalue weighted by molar-refractivity contribution is 0.296. The Balaban J connectivity index is 1.75. The van der Waals surface area contributed by atoms with Gasteiger partial charge in [0.2, 0.25) is 0 Å². The maximum Gasteiger partial charge on any atom is 0.189 e. The summed E-state index contributed by atoms with van der Waals surface area (Å²) in [6, 6.07) is 9.71. The number of hydrogen-bond acceptors (Lipinski definition) is 4. The molecule has 4 aromatic rings. The van der Waals surface area contributed by atoms with E-state index in [1.807, 2.05) is 30.3 Å². The minimum atomic E-state index is 0.331. The number of nitrogens with zero attached hydrogens (tertiary/aromatic N) is 5. The van der Waals surface area contributed by atoms with E-state index in [1.165, 1.54) is 11.3 Å². The molecule has 6 nitrogen and oxygen atoms in total. The van der Waals surface area contributed by atoms with Crippen LogP contribution in [-0.2, 0) is 13.2 Å². The number of fused-ring (bicyclic) bond motifs is 3. The molecule has 0 aliphatic carbocycles. The number of ether oxygens (including phenoxy) is 1. The standard InChI is InChI=1S/C20H23N5O/c1-13(2)10-24-15(4)14(3)18-19(24)21-12-25-20(18)22-17(23-25)11-26-16-8-6-5-7-9-16/h5-9,12-13H,10-11H2,1-4H3. The molecule has 0 N–H and O–H groups in total. The molecule has 0 saturated heterocycles. The molecule has 0 unspecified atom stereocenters. The Morgan fingerprint density at radius 1 is 1.08 bits per heavy atom. The van der Waals surface area contributed by atoms with E-state index in [9.17, 15) is 0 Å². The summed E-state index contributed by atoms with van der Waals surface area (Å²) in [5, 5.41) is 5.60. The van der Waals surface area contributed by atoms with Crippen molar-refractivity contribution in [2.75, 3.05) is 0 Å². The summed E-state index contributed by atoms with van der Waals surface area (Å²) in [5.74, 6) is 2.01. The second kappa shape index (κ2) is 6.44. The summed E-state index contributed by atoms with van der Waals surface area (Å²) in [4.78, 5) is 9.38. The molecule has 0 atom stereocenters. The molecule has 26 heavy (non-hydrogen) atoms. The van der Waals surface area contributed by atoms with Crippen LogP contribution in [0.25, 0.3) is 16.7 Å². The van der Waals surface area contributed by atoms with Gasteiger partial charge in [-0.05, 0) is 37.5 Å². The van der Waals surface area contributed by atoms with Crippen molar-refractivity contribution in [2.24, 2.45) is 5.92 Å². The number of benzene rings is 1. The normalized spacial score (nSPS) is 11.7. The Labute approximate surface area is 152 Å². The number of aromatic nitrogens is 5. The molecular weight excluding hydrogens is 326 g/mol. The smallest absolute Gasteiger partial charge is 0.189 e. The van der Waals surface area contributed by atoms with Gasteiger partial charge in [0.15, 0.2) is 11.5 Å². The molecule has 3 aromatic heterocycles. The molecule has 0 bridgehead atoms. The van der Waals surface area contributed by atoms with Crippen molar-refractivity contribution in [1.29, 1.82) is 0 Å². The monoisotopic (exact) mass is 349 g/mol. The van der Waals surface area contributed by atoms with E-state index in [4.69, 9.17) is 9.72 Å². The summed E-state index contributed by atoms with van der Waals surface area (Å²) >= 11 is 0. The van der Waals surface area contributed by atoms with Crippen LogP contribution in [0.1, 0.15) is 30.9 Å². The number of rotatable bonds is 5. The highest BCUT2D eigenvalue weighted by atomic mass is 16.5. The van der Waals surface area contributed by atoms with Gasteiger partial charge in [0, 0.05) is 12.2 Å². The fourth-order valence-electron chi connectivity index (χ4n) is 3.29. The fraction of sp³-hybridized carbons (Fsp3) is 0.350. The summed E-state index contributed by atoms with van der Waals surface area (Å²) < 4.78 is 9.81. The molecule has 0 aliphatic rings. The maximum atomic E-state index is 5.78. The predicted octanol–water partition coefficient (Wildman–Crippen LogP) is 3.93. The molecule has 0 aliphatic heterocycles. The van der Waals surface area contributed by atoms with Crippen molar-refractivity contribution in [3.63, 3.8) is 0 Å². The van der Waals surface area contributed by atoms with Crippen LogP contribution in [-0.4, -0.2) is 24.1 Å². The molecule has 3 heterocycles. The van der Waals surface area contributed by atoms with Gasteiger partial charge < -0.3 is 9.30 Å². The van der Waals surface area contributed by atoms with Crippen molar-refractivity contribution in [1.82, 2.24) is 24.1 Å². The van der Waals surface area contributed by atoms with Gasteiger partial charge in [0.25, 0.3) is 0 Å². The molecular formula is C20H23N5O. The molecule has 0 fully saturated rings. The van der Waals surface area contributed by atoms with Gasteiger partial charge in [0.05, 0.1) is 5.39 Å². The zero-order chi connectivity index (χ0) is 18.3. The van der Waals surface area contributed by atoms with Crippen molar-refractivity contribution >= 4 is 16.7 Å². The first-order valence-corrected chi connectivity index (χ1v) is 8.92. The minimum Gasteiger partial charge on any atom is -0.486 e. The van der Waals surface area contributed by atoms with Gasteiger partial charge in [-0.3, -0.25) is 0 Å². The Kier molecular flexibility index (Phi) is 4.11. The highest BCUT2D eigenvalue weighted by Gasteiger charge is 2.18. The molecule has 6 heteroatoms. The van der Waals surface area contributed by atoms with E-state index >= 15 is 0 Å². The Bertz CT molecular complexity index is 1060. The van der Waals surface area contributed by atoms with E-state index in [2.05, 4.69) is 42.3 Å². The third-order valence-electron chi connectivity index (χ3n) is 4.65. The summed E-state index contributed by atoms with van der Waals surface area (Å²) in [6.45, 7) is 9.98. The van der Waals surface area contributed by atoms with Crippen LogP contribution in [0.4, 0.5) is 0 Å². The molecule has 0 amide bonds. The molecule has 0 spiro atoms. The van der Waals surface area contributed by atoms with Gasteiger partial charge >= 0.3 is 0 Å². The molecule has 4 rings (SSSR count). The lowest BCUT2D eigenvalue weighted by Gasteiger charge is -2.10. The van der Waals surface area contributed by atoms with Crippen molar-refractivity contribution in [3.05, 3.63) is 53.7 Å². The second-order valence-corrected chi connectivity index (χ2v) is 7.06. The lowest BCUT2D eigenvalue weighted by atomic mass is 10.2. The van der Waals surface area contributed by atoms with Crippen LogP contribution in [0.5, 0.6) is 5.75 Å². The molecule has 0 saturated carbocycles. The Morgan fingerprint density at radius 3 is 2.58 bits per heavy atom. The molecule has 134 valence electrons. The predicted molar refractivity (Wildman–Crippen MR) is 101 cm³/mol. The van der Waals surface area contributed by atoms with E-state index in [0.717, 1.165) is 29.0 Å². The van der Waals surface area contributed by atoms with Gasteiger partial charge in [0.1, 0.15) is 24.3 Å². The van der Waals surface area contributed by atoms with Crippen molar-refractivity contribution < 1.29 is 4.74 Å². The summed E-state index contributed by atoms with van der Waals surface area (Å²) in [6.07, 6.45) is 1.74. The number of para-hydroxylation sites is 1. The summed E-state index contributed by atoms with van der Waals surface area (Å²) in [5.41, 5.74) is 4.26. The highest BCUT2D eigenvalue weighted by Crippen LogP contribution is 2.27. The third-order valence-corrected chi connectivity index (χ3v) is 4.65. The van der Waals surface area contributed by atoms with Crippen LogP contribution >= 0.6 is 0 Å². The highest BCUT2D eigenvalue weighted by molar-refractivity contribution is 5.93. The van der Waals surface area contributed by atoms with Crippen molar-refractivity contribution in [3.8, 4) is 5.75 Å². The third kappa shape index (κ3) is 2.81. The van der Waals surface area contributed by atoms with Gasteiger partial charge in [-0.1, -0.05) is 32.0 Å². The molecule has 0 radical (unpaired) electrons. The average Bonchev–Trinajstić information content (AvgIpc) is 3.15.